The third-order valence-corrected chi connectivity index (χ3v) is 6.92. The molecule has 2 saturated heterocycles. The quantitative estimate of drug-likeness (QED) is 0.760. The van der Waals surface area contributed by atoms with Crippen LogP contribution in [0.5, 0.6) is 0 Å². The summed E-state index contributed by atoms with van der Waals surface area (Å²) in [5.41, 5.74) is 0. The normalized spacial score (nSPS) is 34.2. The highest BCUT2D eigenvalue weighted by Gasteiger charge is 2.24. The molecule has 0 aliphatic carbocycles. The molecule has 2 aliphatic rings. The van der Waals surface area contributed by atoms with Gasteiger partial charge in [-0.15, -0.1) is 0 Å². The Morgan fingerprint density at radius 3 is 2.67 bits per heavy atom. The molecule has 2 heterocycles. The van der Waals surface area contributed by atoms with Gasteiger partial charge in [0.1, 0.15) is 4.38 Å². The van der Waals surface area contributed by atoms with Gasteiger partial charge in [-0.2, -0.15) is 23.5 Å². The van der Waals surface area contributed by atoms with E-state index in [2.05, 4.69) is 23.5 Å². The summed E-state index contributed by atoms with van der Waals surface area (Å²) in [6.07, 6.45) is 0. The molecule has 12 heavy (non-hydrogen) atoms. The van der Waals surface area contributed by atoms with Gasteiger partial charge in [0.15, 0.2) is 0 Å². The lowest BCUT2D eigenvalue weighted by Gasteiger charge is -2.04. The largest absolute Gasteiger partial charge is 0.288 e. The molecule has 1 nitrogen and oxygen atoms in total. The van der Waals surface area contributed by atoms with E-state index in [1.807, 2.05) is 0 Å². The Bertz CT molecular complexity index is 180. The van der Waals surface area contributed by atoms with E-state index in [4.69, 9.17) is 5.41 Å². The fraction of sp³-hybridized carbons (Fsp3) is 0.857. The first kappa shape index (κ1) is 9.62. The molecule has 0 aromatic heterocycles. The summed E-state index contributed by atoms with van der Waals surface area (Å²) in [6.45, 7) is 0. The lowest BCUT2D eigenvalue weighted by molar-refractivity contribution is 1.16. The number of nitrogens with one attached hydrogen (secondary N) is 1. The molecule has 0 aromatic carbocycles. The van der Waals surface area contributed by atoms with Gasteiger partial charge in [0, 0.05) is 33.5 Å². The highest BCUT2D eigenvalue weighted by atomic mass is 32.2. The van der Waals surface area contributed by atoms with Crippen molar-refractivity contribution in [1.82, 2.24) is 0 Å². The SMILES string of the molecule is N=C1SCC(CSCC2CS2)S1. The summed E-state index contributed by atoms with van der Waals surface area (Å²) < 4.78 is 0.821. The van der Waals surface area contributed by atoms with Crippen LogP contribution in [0.1, 0.15) is 0 Å². The van der Waals surface area contributed by atoms with Crippen molar-refractivity contribution >= 4 is 51.4 Å². The monoisotopic (exact) mass is 237 g/mol. The highest BCUT2D eigenvalue weighted by molar-refractivity contribution is 8.41. The van der Waals surface area contributed by atoms with Crippen molar-refractivity contribution in [2.24, 2.45) is 0 Å². The summed E-state index contributed by atoms with van der Waals surface area (Å²) >= 11 is 7.61. The van der Waals surface area contributed by atoms with E-state index >= 15 is 0 Å². The van der Waals surface area contributed by atoms with Crippen LogP contribution < -0.4 is 0 Å². The molecular weight excluding hydrogens is 226 g/mol. The minimum absolute atomic E-state index is 0.719. The minimum Gasteiger partial charge on any atom is -0.288 e. The van der Waals surface area contributed by atoms with Crippen molar-refractivity contribution in [2.45, 2.75) is 10.5 Å². The molecule has 1 N–H and O–H groups in total. The Labute approximate surface area is 90.1 Å². The molecule has 68 valence electrons. The van der Waals surface area contributed by atoms with Crippen LogP contribution in [-0.2, 0) is 0 Å². The van der Waals surface area contributed by atoms with Gasteiger partial charge in [-0.25, -0.2) is 0 Å². The zero-order chi connectivity index (χ0) is 8.39. The Hall–Kier alpha value is 1.07. The first-order valence-corrected chi connectivity index (χ1v) is 7.99. The van der Waals surface area contributed by atoms with Gasteiger partial charge in [0.05, 0.1) is 0 Å². The van der Waals surface area contributed by atoms with Gasteiger partial charge in [-0.05, 0) is 0 Å². The maximum atomic E-state index is 7.42. The van der Waals surface area contributed by atoms with Crippen LogP contribution >= 0.6 is 47.0 Å². The van der Waals surface area contributed by atoms with E-state index in [1.54, 1.807) is 23.5 Å². The average Bonchev–Trinajstić information content (AvgIpc) is 2.76. The van der Waals surface area contributed by atoms with E-state index in [0.717, 1.165) is 20.6 Å². The molecule has 2 unspecified atom stereocenters. The summed E-state index contributed by atoms with van der Waals surface area (Å²) in [5.74, 6) is 5.13. The summed E-state index contributed by atoms with van der Waals surface area (Å²) in [7, 11) is 0. The zero-order valence-corrected chi connectivity index (χ0v) is 9.88. The smallest absolute Gasteiger partial charge is 0.122 e. The lowest BCUT2D eigenvalue weighted by Crippen LogP contribution is -2.05. The molecular formula is C7H11NS4. The van der Waals surface area contributed by atoms with E-state index in [0.29, 0.717) is 0 Å². The van der Waals surface area contributed by atoms with Crippen molar-refractivity contribution in [3.05, 3.63) is 0 Å². The van der Waals surface area contributed by atoms with Crippen LogP contribution in [0, 0.1) is 5.41 Å². The standard InChI is InChI=1S/C7H11NS4/c8-7-11-4-6(12-7)2-9-1-5-3-10-5/h5-6,8H,1-4H2. The molecule has 2 fully saturated rings. The summed E-state index contributed by atoms with van der Waals surface area (Å²) in [4.78, 5) is 0. The second kappa shape index (κ2) is 4.53. The van der Waals surface area contributed by atoms with Gasteiger partial charge >= 0.3 is 0 Å². The molecule has 0 bridgehead atoms. The minimum atomic E-state index is 0.719. The third kappa shape index (κ3) is 3.09. The number of hydrogen-bond donors (Lipinski definition) is 1. The van der Waals surface area contributed by atoms with Gasteiger partial charge < -0.3 is 0 Å². The fourth-order valence-electron chi connectivity index (χ4n) is 0.965. The number of thioether (sulfide) groups is 4. The predicted molar refractivity (Wildman–Crippen MR) is 65.1 cm³/mol. The maximum absolute atomic E-state index is 7.42. The predicted octanol–water partition coefficient (Wildman–Crippen LogP) is 2.62. The van der Waals surface area contributed by atoms with E-state index in [-0.39, 0.29) is 0 Å². The van der Waals surface area contributed by atoms with Crippen LogP contribution in [0.2, 0.25) is 0 Å². The zero-order valence-electron chi connectivity index (χ0n) is 6.62. The van der Waals surface area contributed by atoms with E-state index in [9.17, 15) is 0 Å². The molecule has 0 aromatic rings. The molecule has 0 saturated carbocycles. The molecule has 0 spiro atoms. The summed E-state index contributed by atoms with van der Waals surface area (Å²) in [6, 6.07) is 0. The van der Waals surface area contributed by atoms with Crippen LogP contribution in [0.15, 0.2) is 0 Å². The van der Waals surface area contributed by atoms with Crippen LogP contribution in [-0.4, -0.2) is 37.9 Å². The second-order valence-electron chi connectivity index (χ2n) is 2.83. The molecule has 2 aliphatic heterocycles. The van der Waals surface area contributed by atoms with E-state index in [1.165, 1.54) is 17.3 Å². The Kier molecular flexibility index (Phi) is 3.63. The van der Waals surface area contributed by atoms with Crippen molar-refractivity contribution in [3.63, 3.8) is 0 Å². The van der Waals surface area contributed by atoms with Gasteiger partial charge in [0.25, 0.3) is 0 Å². The van der Waals surface area contributed by atoms with Gasteiger partial charge in [-0.1, -0.05) is 23.5 Å². The third-order valence-electron chi connectivity index (χ3n) is 1.68. The van der Waals surface area contributed by atoms with E-state index < -0.39 is 0 Å². The molecule has 2 atom stereocenters. The molecule has 5 heteroatoms. The van der Waals surface area contributed by atoms with Gasteiger partial charge in [-0.3, -0.25) is 5.41 Å². The summed E-state index contributed by atoms with van der Waals surface area (Å²) in [5, 5.41) is 9.11. The Morgan fingerprint density at radius 2 is 2.08 bits per heavy atom. The van der Waals surface area contributed by atoms with Crippen LogP contribution in [0.3, 0.4) is 0 Å². The topological polar surface area (TPSA) is 23.9 Å². The second-order valence-corrected chi connectivity index (χ2v) is 7.84. The molecule has 2 rings (SSSR count). The number of hydrogen-bond acceptors (Lipinski definition) is 5. The Balaban J connectivity index is 1.56. The van der Waals surface area contributed by atoms with Crippen LogP contribution in [0.25, 0.3) is 0 Å². The van der Waals surface area contributed by atoms with Gasteiger partial charge in [0.2, 0.25) is 0 Å². The number of rotatable bonds is 4. The first-order chi connectivity index (χ1) is 5.84. The average molecular weight is 237 g/mol. The van der Waals surface area contributed by atoms with Crippen molar-refractivity contribution in [3.8, 4) is 0 Å². The lowest BCUT2D eigenvalue weighted by atomic mass is 10.5. The fourth-order valence-corrected chi connectivity index (χ4v) is 5.77. The van der Waals surface area contributed by atoms with Crippen LogP contribution in [0.4, 0.5) is 0 Å². The highest BCUT2D eigenvalue weighted by Crippen LogP contribution is 2.36. The van der Waals surface area contributed by atoms with Crippen molar-refractivity contribution in [1.29, 1.82) is 5.41 Å². The molecule has 0 amide bonds. The molecule has 0 radical (unpaired) electrons. The van der Waals surface area contributed by atoms with Crippen molar-refractivity contribution in [2.75, 3.05) is 23.0 Å². The maximum Gasteiger partial charge on any atom is 0.122 e. The Morgan fingerprint density at radius 1 is 1.33 bits per heavy atom. The van der Waals surface area contributed by atoms with Crippen molar-refractivity contribution < 1.29 is 0 Å². The first-order valence-electron chi connectivity index (χ1n) is 3.92.